The summed E-state index contributed by atoms with van der Waals surface area (Å²) >= 11 is 0. The summed E-state index contributed by atoms with van der Waals surface area (Å²) in [7, 11) is 0. The van der Waals surface area contributed by atoms with Gasteiger partial charge in [-0.2, -0.15) is 10.4 Å². The van der Waals surface area contributed by atoms with Crippen molar-refractivity contribution in [1.82, 2.24) is 14.9 Å². The van der Waals surface area contributed by atoms with E-state index in [0.717, 1.165) is 48.4 Å². The first-order valence-corrected chi connectivity index (χ1v) is 10.6. The van der Waals surface area contributed by atoms with Crippen LogP contribution >= 0.6 is 0 Å². The molecule has 5 heteroatoms. The number of nitrogens with zero attached hydrogens (tertiary/aromatic N) is 5. The average molecular weight is 406 g/mol. The molecular formula is C26H23N5. The molecule has 1 aliphatic heterocycles. The van der Waals surface area contributed by atoms with Gasteiger partial charge in [0.2, 0.25) is 0 Å². The molecule has 5 rings (SSSR count). The Balaban J connectivity index is 1.43. The van der Waals surface area contributed by atoms with Gasteiger partial charge in [0.25, 0.3) is 0 Å². The maximum atomic E-state index is 9.81. The van der Waals surface area contributed by atoms with Crippen LogP contribution in [0, 0.1) is 11.3 Å². The fourth-order valence-electron chi connectivity index (χ4n) is 4.44. The van der Waals surface area contributed by atoms with Crippen LogP contribution in [-0.4, -0.2) is 47.3 Å². The molecule has 152 valence electrons. The van der Waals surface area contributed by atoms with Crippen LogP contribution in [0.3, 0.4) is 0 Å². The van der Waals surface area contributed by atoms with Gasteiger partial charge in [-0.05, 0) is 34.4 Å². The summed E-state index contributed by atoms with van der Waals surface area (Å²) in [5, 5.41) is 16.6. The minimum atomic E-state index is 0.124. The van der Waals surface area contributed by atoms with Crippen LogP contribution in [-0.2, 0) is 0 Å². The smallest absolute Gasteiger partial charge is 0.0998 e. The minimum absolute atomic E-state index is 0.124. The molecule has 5 nitrogen and oxygen atoms in total. The standard InChI is InChI=1S/C26H23N5/c27-17-22-16-21-7-1-2-9-24(21)26(25-10-4-3-8-23(22)25)30-12-14-31(15-13-30)29-19-20-6-5-11-28-18-20/h1-11,16,18-19,26H,12-15H2. The van der Waals surface area contributed by atoms with Crippen molar-refractivity contribution >= 4 is 17.9 Å². The second-order valence-electron chi connectivity index (χ2n) is 7.81. The first-order chi connectivity index (χ1) is 15.3. The summed E-state index contributed by atoms with van der Waals surface area (Å²) in [5.41, 5.74) is 6.34. The summed E-state index contributed by atoms with van der Waals surface area (Å²) in [6.45, 7) is 3.52. The number of allylic oxidation sites excluding steroid dienone is 1. The maximum absolute atomic E-state index is 9.81. The van der Waals surface area contributed by atoms with Crippen molar-refractivity contribution < 1.29 is 0 Å². The lowest BCUT2D eigenvalue weighted by atomic mass is 9.91. The highest BCUT2D eigenvalue weighted by Gasteiger charge is 2.31. The molecule has 1 fully saturated rings. The van der Waals surface area contributed by atoms with Crippen molar-refractivity contribution in [3.05, 3.63) is 101 Å². The van der Waals surface area contributed by atoms with E-state index in [1.54, 1.807) is 6.20 Å². The van der Waals surface area contributed by atoms with Gasteiger partial charge in [0, 0.05) is 44.1 Å². The highest BCUT2D eigenvalue weighted by molar-refractivity contribution is 5.93. The van der Waals surface area contributed by atoms with Crippen LogP contribution in [0.25, 0.3) is 11.6 Å². The second kappa shape index (κ2) is 8.55. The van der Waals surface area contributed by atoms with Gasteiger partial charge in [-0.3, -0.25) is 14.9 Å². The Morgan fingerprint density at radius 1 is 0.935 bits per heavy atom. The molecule has 1 atom stereocenters. The third-order valence-corrected chi connectivity index (χ3v) is 5.97. The molecule has 2 heterocycles. The molecule has 1 saturated heterocycles. The minimum Gasteiger partial charge on any atom is -0.294 e. The number of nitriles is 1. The molecule has 0 radical (unpaired) electrons. The Hall–Kier alpha value is -3.75. The second-order valence-corrected chi connectivity index (χ2v) is 7.81. The van der Waals surface area contributed by atoms with Crippen molar-refractivity contribution in [2.24, 2.45) is 5.10 Å². The topological polar surface area (TPSA) is 55.5 Å². The molecule has 3 aromatic rings. The zero-order valence-electron chi connectivity index (χ0n) is 17.2. The molecule has 1 unspecified atom stereocenters. The van der Waals surface area contributed by atoms with Crippen LogP contribution in [0.4, 0.5) is 0 Å². The number of aromatic nitrogens is 1. The molecular weight excluding hydrogens is 382 g/mol. The fourth-order valence-corrected chi connectivity index (χ4v) is 4.44. The molecule has 1 aromatic heterocycles. The third kappa shape index (κ3) is 3.86. The monoisotopic (exact) mass is 405 g/mol. The first-order valence-electron chi connectivity index (χ1n) is 10.6. The number of pyridine rings is 1. The van der Waals surface area contributed by atoms with Crippen LogP contribution in [0.2, 0.25) is 0 Å². The Bertz CT molecular complexity index is 1170. The summed E-state index contributed by atoms with van der Waals surface area (Å²) in [4.78, 5) is 6.66. The molecule has 2 aromatic carbocycles. The van der Waals surface area contributed by atoms with Crippen LogP contribution in [0.5, 0.6) is 0 Å². The Morgan fingerprint density at radius 2 is 1.71 bits per heavy atom. The lowest BCUT2D eigenvalue weighted by Crippen LogP contribution is -2.46. The normalized spacial score (nSPS) is 18.6. The number of rotatable bonds is 3. The molecule has 0 bridgehead atoms. The van der Waals surface area contributed by atoms with E-state index in [0.29, 0.717) is 0 Å². The van der Waals surface area contributed by atoms with Crippen molar-refractivity contribution in [2.45, 2.75) is 6.04 Å². The fraction of sp³-hybridized carbons (Fsp3) is 0.192. The first kappa shape index (κ1) is 19.2. The van der Waals surface area contributed by atoms with Gasteiger partial charge < -0.3 is 0 Å². The van der Waals surface area contributed by atoms with Gasteiger partial charge in [-0.1, -0.05) is 54.6 Å². The number of fused-ring (bicyclic) bond motifs is 2. The SMILES string of the molecule is N#CC1=Cc2ccccc2C(N2CCN(N=Cc3cccnc3)CC2)c2ccccc21. The van der Waals surface area contributed by atoms with E-state index in [2.05, 4.69) is 62.5 Å². The predicted octanol–water partition coefficient (Wildman–Crippen LogP) is 4.20. The molecule has 1 aliphatic carbocycles. The van der Waals surface area contributed by atoms with E-state index < -0.39 is 0 Å². The zero-order valence-corrected chi connectivity index (χ0v) is 17.2. The molecule has 0 spiro atoms. The van der Waals surface area contributed by atoms with Crippen molar-refractivity contribution in [1.29, 1.82) is 5.26 Å². The summed E-state index contributed by atoms with van der Waals surface area (Å²) in [5.74, 6) is 0. The number of hydrogen-bond acceptors (Lipinski definition) is 5. The van der Waals surface area contributed by atoms with E-state index in [1.165, 1.54) is 11.1 Å². The molecule has 0 amide bonds. The van der Waals surface area contributed by atoms with E-state index in [1.807, 2.05) is 42.8 Å². The zero-order chi connectivity index (χ0) is 21.0. The highest BCUT2D eigenvalue weighted by Crippen LogP contribution is 2.39. The van der Waals surface area contributed by atoms with Gasteiger partial charge in [-0.15, -0.1) is 0 Å². The van der Waals surface area contributed by atoms with E-state index in [9.17, 15) is 5.26 Å². The lowest BCUT2D eigenvalue weighted by molar-refractivity contribution is 0.112. The van der Waals surface area contributed by atoms with Gasteiger partial charge in [0.1, 0.15) is 0 Å². The average Bonchev–Trinajstić information content (AvgIpc) is 2.98. The number of piperazine rings is 1. The Kier molecular flexibility index (Phi) is 5.30. The van der Waals surface area contributed by atoms with Crippen molar-refractivity contribution in [3.8, 4) is 6.07 Å². The number of hydrazone groups is 1. The van der Waals surface area contributed by atoms with Gasteiger partial charge in [0.05, 0.1) is 23.9 Å². The number of benzene rings is 2. The molecule has 31 heavy (non-hydrogen) atoms. The quantitative estimate of drug-likeness (QED) is 0.613. The number of hydrogen-bond donors (Lipinski definition) is 0. The lowest BCUT2D eigenvalue weighted by Gasteiger charge is -2.39. The van der Waals surface area contributed by atoms with Gasteiger partial charge in [0.15, 0.2) is 0 Å². The van der Waals surface area contributed by atoms with Crippen LogP contribution in [0.15, 0.2) is 78.2 Å². The Labute approximate surface area is 182 Å². The predicted molar refractivity (Wildman–Crippen MR) is 123 cm³/mol. The third-order valence-electron chi connectivity index (χ3n) is 5.97. The van der Waals surface area contributed by atoms with Gasteiger partial charge >= 0.3 is 0 Å². The maximum Gasteiger partial charge on any atom is 0.0998 e. The largest absolute Gasteiger partial charge is 0.294 e. The van der Waals surface area contributed by atoms with E-state index >= 15 is 0 Å². The van der Waals surface area contributed by atoms with Crippen molar-refractivity contribution in [2.75, 3.05) is 26.2 Å². The Morgan fingerprint density at radius 3 is 2.48 bits per heavy atom. The van der Waals surface area contributed by atoms with Crippen LogP contribution in [0.1, 0.15) is 33.9 Å². The summed E-state index contributed by atoms with van der Waals surface area (Å²) in [6, 6.07) is 23.2. The summed E-state index contributed by atoms with van der Waals surface area (Å²) in [6.07, 6.45) is 7.49. The summed E-state index contributed by atoms with van der Waals surface area (Å²) < 4.78 is 0. The van der Waals surface area contributed by atoms with Crippen LogP contribution < -0.4 is 0 Å². The molecule has 0 N–H and O–H groups in total. The molecule has 0 saturated carbocycles. The van der Waals surface area contributed by atoms with Gasteiger partial charge in [-0.25, -0.2) is 0 Å². The highest BCUT2D eigenvalue weighted by atomic mass is 15.5. The molecule has 2 aliphatic rings. The van der Waals surface area contributed by atoms with E-state index in [4.69, 9.17) is 0 Å². The van der Waals surface area contributed by atoms with Crippen molar-refractivity contribution in [3.63, 3.8) is 0 Å². The van der Waals surface area contributed by atoms with E-state index in [-0.39, 0.29) is 6.04 Å².